The molecular formula is C11H12O5. The largest absolute Gasteiger partial charge is 0.481 e. The van der Waals surface area contributed by atoms with Crippen molar-refractivity contribution < 1.29 is 23.8 Å². The lowest BCUT2D eigenvalue weighted by molar-refractivity contribution is -0.141. The molecule has 5 nitrogen and oxygen atoms in total. The van der Waals surface area contributed by atoms with Crippen LogP contribution in [0.5, 0.6) is 0 Å². The summed E-state index contributed by atoms with van der Waals surface area (Å²) in [4.78, 5) is 21.8. The molecule has 0 bridgehead atoms. The lowest BCUT2D eigenvalue weighted by Gasteiger charge is -2.01. The molecule has 16 heavy (non-hydrogen) atoms. The van der Waals surface area contributed by atoms with Gasteiger partial charge >= 0.3 is 11.9 Å². The molecule has 1 heterocycles. The van der Waals surface area contributed by atoms with Gasteiger partial charge in [-0.1, -0.05) is 0 Å². The third-order valence-corrected chi connectivity index (χ3v) is 1.87. The van der Waals surface area contributed by atoms with Crippen LogP contribution in [-0.4, -0.2) is 24.2 Å². The molecule has 0 fully saturated rings. The van der Waals surface area contributed by atoms with Crippen molar-refractivity contribution in [2.24, 2.45) is 0 Å². The number of aryl methyl sites for hydroxylation is 1. The number of esters is 1. The Morgan fingerprint density at radius 1 is 1.50 bits per heavy atom. The van der Waals surface area contributed by atoms with Gasteiger partial charge in [0.05, 0.1) is 19.1 Å². The van der Waals surface area contributed by atoms with Crippen LogP contribution in [0.2, 0.25) is 0 Å². The number of carbonyl (C=O) groups is 2. The Labute approximate surface area is 92.3 Å². The fourth-order valence-corrected chi connectivity index (χ4v) is 1.18. The Morgan fingerprint density at radius 2 is 2.19 bits per heavy atom. The number of rotatable bonds is 4. The van der Waals surface area contributed by atoms with Crippen LogP contribution >= 0.6 is 0 Å². The normalized spacial score (nSPS) is 11.2. The minimum absolute atomic E-state index is 0.0457. The summed E-state index contributed by atoms with van der Waals surface area (Å²) in [6.45, 7) is 1.76. The van der Waals surface area contributed by atoms with Crippen LogP contribution in [0.1, 0.15) is 17.9 Å². The number of furan rings is 1. The summed E-state index contributed by atoms with van der Waals surface area (Å²) in [6, 6.07) is 3.38. The number of methoxy groups -OCH3 is 1. The lowest BCUT2D eigenvalue weighted by atomic mass is 10.1. The Bertz CT molecular complexity index is 427. The number of aliphatic carboxylic acids is 1. The molecule has 0 saturated heterocycles. The molecule has 1 N–H and O–H groups in total. The second-order valence-corrected chi connectivity index (χ2v) is 3.18. The number of carboxylic acid groups (broad SMARTS) is 1. The quantitative estimate of drug-likeness (QED) is 0.621. The lowest BCUT2D eigenvalue weighted by Crippen LogP contribution is -2.09. The minimum atomic E-state index is -1.10. The number of hydrogen-bond acceptors (Lipinski definition) is 4. The van der Waals surface area contributed by atoms with Gasteiger partial charge in [-0.05, 0) is 25.1 Å². The van der Waals surface area contributed by atoms with E-state index < -0.39 is 18.4 Å². The van der Waals surface area contributed by atoms with Crippen molar-refractivity contribution in [2.45, 2.75) is 13.3 Å². The second-order valence-electron chi connectivity index (χ2n) is 3.18. The van der Waals surface area contributed by atoms with Gasteiger partial charge in [0.2, 0.25) is 0 Å². The summed E-state index contributed by atoms with van der Waals surface area (Å²) in [5.74, 6) is -0.652. The van der Waals surface area contributed by atoms with E-state index in [0.29, 0.717) is 11.5 Å². The Kier molecular flexibility index (Phi) is 3.88. The van der Waals surface area contributed by atoms with Crippen LogP contribution < -0.4 is 0 Å². The summed E-state index contributed by atoms with van der Waals surface area (Å²) in [5, 5.41) is 8.63. The second kappa shape index (κ2) is 5.16. The van der Waals surface area contributed by atoms with E-state index in [0.717, 1.165) is 0 Å². The highest BCUT2D eigenvalue weighted by Gasteiger charge is 2.14. The van der Waals surface area contributed by atoms with E-state index >= 15 is 0 Å². The van der Waals surface area contributed by atoms with Crippen molar-refractivity contribution in [3.63, 3.8) is 0 Å². The highest BCUT2D eigenvalue weighted by molar-refractivity contribution is 5.97. The van der Waals surface area contributed by atoms with Crippen molar-refractivity contribution in [1.29, 1.82) is 0 Å². The van der Waals surface area contributed by atoms with Gasteiger partial charge in [0.1, 0.15) is 11.5 Å². The van der Waals surface area contributed by atoms with Crippen molar-refractivity contribution in [3.05, 3.63) is 29.2 Å². The standard InChI is InChI=1S/C11H12O5/c1-7-3-4-9(16-7)5-8(6-10(12)13)11(14)15-2/h3-5H,6H2,1-2H3,(H,12,13)/b8-5+. The van der Waals surface area contributed by atoms with Crippen molar-refractivity contribution >= 4 is 18.0 Å². The Balaban J connectivity index is 2.95. The molecule has 1 aromatic heterocycles. The van der Waals surface area contributed by atoms with E-state index in [1.807, 2.05) is 0 Å². The predicted molar refractivity (Wildman–Crippen MR) is 55.7 cm³/mol. The number of ether oxygens (including phenoxy) is 1. The molecule has 86 valence electrons. The van der Waals surface area contributed by atoms with E-state index in [4.69, 9.17) is 9.52 Å². The molecule has 5 heteroatoms. The van der Waals surface area contributed by atoms with Gasteiger partial charge in [0.25, 0.3) is 0 Å². The van der Waals surface area contributed by atoms with Gasteiger partial charge in [0.15, 0.2) is 0 Å². The van der Waals surface area contributed by atoms with E-state index in [1.54, 1.807) is 19.1 Å². The first-order valence-electron chi connectivity index (χ1n) is 4.60. The number of hydrogen-bond donors (Lipinski definition) is 1. The molecule has 0 aliphatic rings. The van der Waals surface area contributed by atoms with Crippen LogP contribution in [0.25, 0.3) is 6.08 Å². The monoisotopic (exact) mass is 224 g/mol. The zero-order chi connectivity index (χ0) is 12.1. The van der Waals surface area contributed by atoms with Crippen molar-refractivity contribution in [3.8, 4) is 0 Å². The van der Waals surface area contributed by atoms with Gasteiger partial charge in [0, 0.05) is 0 Å². The summed E-state index contributed by atoms with van der Waals surface area (Å²) in [7, 11) is 1.20. The van der Waals surface area contributed by atoms with Crippen molar-refractivity contribution in [1.82, 2.24) is 0 Å². The first-order valence-corrected chi connectivity index (χ1v) is 4.60. The molecule has 0 aliphatic carbocycles. The van der Waals surface area contributed by atoms with Crippen LogP contribution in [0.15, 0.2) is 22.1 Å². The molecule has 1 rings (SSSR count). The third kappa shape index (κ3) is 3.27. The fraction of sp³-hybridized carbons (Fsp3) is 0.273. The Hall–Kier alpha value is -2.04. The molecule has 0 aliphatic heterocycles. The summed E-state index contributed by atoms with van der Waals surface area (Å²) in [6.07, 6.45) is 0.972. The molecule has 0 unspecified atom stereocenters. The van der Waals surface area contributed by atoms with Gasteiger partial charge in [-0.25, -0.2) is 4.79 Å². The zero-order valence-electron chi connectivity index (χ0n) is 9.02. The highest BCUT2D eigenvalue weighted by Crippen LogP contribution is 2.14. The van der Waals surface area contributed by atoms with E-state index in [2.05, 4.69) is 4.74 Å². The van der Waals surface area contributed by atoms with Crippen molar-refractivity contribution in [2.75, 3.05) is 7.11 Å². The maximum Gasteiger partial charge on any atom is 0.334 e. The van der Waals surface area contributed by atoms with Crippen LogP contribution in [0, 0.1) is 6.92 Å². The molecule has 0 aromatic carbocycles. The molecule has 0 spiro atoms. The topological polar surface area (TPSA) is 76.7 Å². The predicted octanol–water partition coefficient (Wildman–Crippen LogP) is 1.62. The van der Waals surface area contributed by atoms with Gasteiger partial charge < -0.3 is 14.3 Å². The first kappa shape index (κ1) is 12.0. The average Bonchev–Trinajstić information content (AvgIpc) is 2.61. The van der Waals surface area contributed by atoms with E-state index in [-0.39, 0.29) is 5.57 Å². The highest BCUT2D eigenvalue weighted by atomic mass is 16.5. The molecule has 0 amide bonds. The zero-order valence-corrected chi connectivity index (χ0v) is 9.02. The van der Waals surface area contributed by atoms with Crippen LogP contribution in [0.3, 0.4) is 0 Å². The average molecular weight is 224 g/mol. The van der Waals surface area contributed by atoms with Gasteiger partial charge in [-0.3, -0.25) is 4.79 Å². The Morgan fingerprint density at radius 3 is 2.62 bits per heavy atom. The molecule has 0 radical (unpaired) electrons. The van der Waals surface area contributed by atoms with Gasteiger partial charge in [-0.2, -0.15) is 0 Å². The minimum Gasteiger partial charge on any atom is -0.481 e. The van der Waals surface area contributed by atoms with E-state index in [9.17, 15) is 9.59 Å². The molecule has 0 atom stereocenters. The molecule has 1 aromatic rings. The molecule has 0 saturated carbocycles. The van der Waals surface area contributed by atoms with Crippen LogP contribution in [0.4, 0.5) is 0 Å². The summed E-state index contributed by atoms with van der Waals surface area (Å²) >= 11 is 0. The third-order valence-electron chi connectivity index (χ3n) is 1.87. The summed E-state index contributed by atoms with van der Waals surface area (Å²) in [5.41, 5.74) is 0.0457. The molecular weight excluding hydrogens is 212 g/mol. The smallest absolute Gasteiger partial charge is 0.334 e. The maximum absolute atomic E-state index is 11.3. The SMILES string of the molecule is COC(=O)/C(=C/c1ccc(C)o1)CC(=O)O. The maximum atomic E-state index is 11.3. The van der Waals surface area contributed by atoms with Gasteiger partial charge in [-0.15, -0.1) is 0 Å². The summed E-state index contributed by atoms with van der Waals surface area (Å²) < 4.78 is 9.69. The number of carboxylic acids is 1. The number of carbonyl (C=O) groups excluding carboxylic acids is 1. The fourth-order valence-electron chi connectivity index (χ4n) is 1.18. The van der Waals surface area contributed by atoms with E-state index in [1.165, 1.54) is 13.2 Å². The first-order chi connectivity index (χ1) is 7.52. The van der Waals surface area contributed by atoms with Crippen LogP contribution in [-0.2, 0) is 14.3 Å².